The molecule has 0 radical (unpaired) electrons. The van der Waals surface area contributed by atoms with Gasteiger partial charge in [-0.3, -0.25) is 9.89 Å². The number of aromatic amines is 1. The summed E-state index contributed by atoms with van der Waals surface area (Å²) in [5, 5.41) is 11.0. The van der Waals surface area contributed by atoms with Gasteiger partial charge in [0.1, 0.15) is 0 Å². The van der Waals surface area contributed by atoms with Crippen LogP contribution in [0, 0.1) is 0 Å². The third-order valence-corrected chi connectivity index (χ3v) is 4.50. The summed E-state index contributed by atoms with van der Waals surface area (Å²) in [6.45, 7) is 0.645. The van der Waals surface area contributed by atoms with Gasteiger partial charge in [-0.2, -0.15) is 5.10 Å². The fourth-order valence-electron chi connectivity index (χ4n) is 3.33. The SMILES string of the molecule is Cl.NCCc1ccc(C2CC(=O)Nc3c2ccc2[nH]ncc32)cc1. The maximum Gasteiger partial charge on any atom is 0.225 e. The number of nitrogens with two attached hydrogens (primary N) is 1. The molecule has 6 heteroatoms. The van der Waals surface area contributed by atoms with Gasteiger partial charge in [0.2, 0.25) is 5.91 Å². The van der Waals surface area contributed by atoms with Gasteiger partial charge < -0.3 is 11.1 Å². The minimum Gasteiger partial charge on any atom is -0.330 e. The smallest absolute Gasteiger partial charge is 0.225 e. The largest absolute Gasteiger partial charge is 0.330 e. The molecule has 3 aromatic rings. The van der Waals surface area contributed by atoms with Gasteiger partial charge in [-0.25, -0.2) is 0 Å². The molecule has 4 rings (SSSR count). The number of rotatable bonds is 3. The van der Waals surface area contributed by atoms with Crippen LogP contribution in [0.2, 0.25) is 0 Å². The van der Waals surface area contributed by atoms with Gasteiger partial charge in [0.05, 0.1) is 17.4 Å². The standard InChI is InChI=1S/C18H18N4O.ClH/c19-8-7-11-1-3-12(4-2-11)14-9-17(23)21-18-13(14)5-6-16-15(18)10-20-22-16;/h1-6,10,14H,7-9,19H2,(H,20,22)(H,21,23);1H. The maximum atomic E-state index is 12.2. The lowest BCUT2D eigenvalue weighted by Crippen LogP contribution is -2.23. The molecule has 124 valence electrons. The maximum absolute atomic E-state index is 12.2. The zero-order valence-corrected chi connectivity index (χ0v) is 13.9. The number of anilines is 1. The van der Waals surface area contributed by atoms with Crippen molar-refractivity contribution in [2.24, 2.45) is 5.73 Å². The Kier molecular flexibility index (Phi) is 4.55. The van der Waals surface area contributed by atoms with Crippen LogP contribution in [0.15, 0.2) is 42.6 Å². The number of hydrogen-bond donors (Lipinski definition) is 3. The minimum absolute atomic E-state index is 0. The Morgan fingerprint density at radius 3 is 2.71 bits per heavy atom. The van der Waals surface area contributed by atoms with Crippen molar-refractivity contribution < 1.29 is 4.79 Å². The average Bonchev–Trinajstić information content (AvgIpc) is 3.04. The molecule has 0 saturated heterocycles. The quantitative estimate of drug-likeness (QED) is 0.684. The molecule has 1 aliphatic rings. The number of halogens is 1. The van der Waals surface area contributed by atoms with Crippen molar-refractivity contribution in [2.75, 3.05) is 11.9 Å². The highest BCUT2D eigenvalue weighted by molar-refractivity contribution is 6.05. The topological polar surface area (TPSA) is 83.8 Å². The molecular weight excluding hydrogens is 324 g/mol. The summed E-state index contributed by atoms with van der Waals surface area (Å²) in [5.74, 6) is 0.118. The van der Waals surface area contributed by atoms with Crippen LogP contribution in [-0.4, -0.2) is 22.6 Å². The highest BCUT2D eigenvalue weighted by Crippen LogP contribution is 2.40. The number of hydrogen-bond acceptors (Lipinski definition) is 3. The molecule has 2 heterocycles. The number of carbonyl (C=O) groups is 1. The first-order chi connectivity index (χ1) is 11.3. The fourth-order valence-corrected chi connectivity index (χ4v) is 3.33. The number of nitrogens with one attached hydrogen (secondary N) is 2. The highest BCUT2D eigenvalue weighted by Gasteiger charge is 2.28. The van der Waals surface area contributed by atoms with E-state index in [4.69, 9.17) is 5.73 Å². The number of carbonyl (C=O) groups excluding carboxylic acids is 1. The molecule has 24 heavy (non-hydrogen) atoms. The van der Waals surface area contributed by atoms with E-state index in [1.807, 2.05) is 6.07 Å². The highest BCUT2D eigenvalue weighted by atomic mass is 35.5. The number of benzene rings is 2. The number of fused-ring (bicyclic) bond motifs is 3. The van der Waals surface area contributed by atoms with Gasteiger partial charge in [0, 0.05) is 17.7 Å². The van der Waals surface area contributed by atoms with Crippen LogP contribution < -0.4 is 11.1 Å². The van der Waals surface area contributed by atoms with Crippen molar-refractivity contribution in [2.45, 2.75) is 18.8 Å². The zero-order valence-electron chi connectivity index (χ0n) is 13.1. The van der Waals surface area contributed by atoms with Crippen LogP contribution in [0.5, 0.6) is 0 Å². The second kappa shape index (κ2) is 6.63. The molecule has 4 N–H and O–H groups in total. The molecule has 0 spiro atoms. The lowest BCUT2D eigenvalue weighted by Gasteiger charge is -2.26. The summed E-state index contributed by atoms with van der Waals surface area (Å²) in [6.07, 6.45) is 3.10. The summed E-state index contributed by atoms with van der Waals surface area (Å²) < 4.78 is 0. The molecule has 2 aromatic carbocycles. The molecule has 1 aliphatic heterocycles. The van der Waals surface area contributed by atoms with E-state index in [1.165, 1.54) is 5.56 Å². The predicted octanol–water partition coefficient (Wildman–Crippen LogP) is 2.96. The van der Waals surface area contributed by atoms with E-state index in [0.717, 1.165) is 34.1 Å². The van der Waals surface area contributed by atoms with E-state index in [9.17, 15) is 4.79 Å². The van der Waals surface area contributed by atoms with Gasteiger partial charge in [0.15, 0.2) is 0 Å². The van der Waals surface area contributed by atoms with Crippen LogP contribution >= 0.6 is 12.4 Å². The van der Waals surface area contributed by atoms with E-state index in [2.05, 4.69) is 45.8 Å². The first kappa shape index (κ1) is 16.5. The molecular formula is C18H19ClN4O. The molecule has 1 aromatic heterocycles. The Labute approximate surface area is 146 Å². The van der Waals surface area contributed by atoms with Crippen molar-refractivity contribution in [3.05, 3.63) is 59.3 Å². The molecule has 1 unspecified atom stereocenters. The summed E-state index contributed by atoms with van der Waals surface area (Å²) in [7, 11) is 0. The Bertz CT molecular complexity index is 872. The minimum atomic E-state index is 0. The van der Waals surface area contributed by atoms with Crippen molar-refractivity contribution >= 4 is 34.9 Å². The first-order valence-corrected chi connectivity index (χ1v) is 7.81. The van der Waals surface area contributed by atoms with Crippen molar-refractivity contribution in [1.82, 2.24) is 10.2 Å². The van der Waals surface area contributed by atoms with E-state index in [1.54, 1.807) is 6.20 Å². The number of nitrogens with zero attached hydrogens (tertiary/aromatic N) is 1. The molecule has 5 nitrogen and oxygen atoms in total. The molecule has 1 amide bonds. The van der Waals surface area contributed by atoms with E-state index >= 15 is 0 Å². The van der Waals surface area contributed by atoms with Crippen molar-refractivity contribution in [1.29, 1.82) is 0 Å². The Hall–Kier alpha value is -2.37. The van der Waals surface area contributed by atoms with E-state index in [-0.39, 0.29) is 24.2 Å². The van der Waals surface area contributed by atoms with Gasteiger partial charge in [-0.1, -0.05) is 30.3 Å². The normalized spacial score (nSPS) is 16.4. The van der Waals surface area contributed by atoms with Crippen LogP contribution in [0.1, 0.15) is 29.0 Å². The summed E-state index contributed by atoms with van der Waals surface area (Å²) >= 11 is 0. The number of H-pyrrole nitrogens is 1. The Morgan fingerprint density at radius 1 is 1.17 bits per heavy atom. The van der Waals surface area contributed by atoms with Crippen LogP contribution in [0.4, 0.5) is 5.69 Å². The van der Waals surface area contributed by atoms with Gasteiger partial charge in [0.25, 0.3) is 0 Å². The third kappa shape index (κ3) is 2.77. The second-order valence-electron chi connectivity index (χ2n) is 5.95. The van der Waals surface area contributed by atoms with Crippen molar-refractivity contribution in [3.8, 4) is 0 Å². The molecule has 0 fully saturated rings. The second-order valence-corrected chi connectivity index (χ2v) is 5.95. The average molecular weight is 343 g/mol. The molecule has 1 atom stereocenters. The monoisotopic (exact) mass is 342 g/mol. The lowest BCUT2D eigenvalue weighted by atomic mass is 9.83. The Morgan fingerprint density at radius 2 is 1.96 bits per heavy atom. The molecule has 0 aliphatic carbocycles. The molecule has 0 bridgehead atoms. The predicted molar refractivity (Wildman–Crippen MR) is 97.6 cm³/mol. The van der Waals surface area contributed by atoms with Crippen LogP contribution in [0.3, 0.4) is 0 Å². The Balaban J connectivity index is 0.00000169. The fraction of sp³-hybridized carbons (Fsp3) is 0.222. The van der Waals surface area contributed by atoms with Crippen molar-refractivity contribution in [3.63, 3.8) is 0 Å². The first-order valence-electron chi connectivity index (χ1n) is 7.81. The van der Waals surface area contributed by atoms with Crippen LogP contribution in [0.25, 0.3) is 10.9 Å². The summed E-state index contributed by atoms with van der Waals surface area (Å²) in [5.41, 5.74) is 10.9. The zero-order chi connectivity index (χ0) is 15.8. The molecule has 0 saturated carbocycles. The van der Waals surface area contributed by atoms with E-state index < -0.39 is 0 Å². The lowest BCUT2D eigenvalue weighted by molar-refractivity contribution is -0.116. The number of aromatic nitrogens is 2. The van der Waals surface area contributed by atoms with Gasteiger partial charge >= 0.3 is 0 Å². The number of amides is 1. The summed E-state index contributed by atoms with van der Waals surface area (Å²) in [6, 6.07) is 12.5. The van der Waals surface area contributed by atoms with Gasteiger partial charge in [-0.15, -0.1) is 12.4 Å². The third-order valence-electron chi connectivity index (χ3n) is 4.50. The summed E-state index contributed by atoms with van der Waals surface area (Å²) in [4.78, 5) is 12.2. The van der Waals surface area contributed by atoms with Crippen LogP contribution in [-0.2, 0) is 11.2 Å². The van der Waals surface area contributed by atoms with Gasteiger partial charge in [-0.05, 0) is 35.7 Å². The van der Waals surface area contributed by atoms with E-state index in [0.29, 0.717) is 13.0 Å².